The van der Waals surface area contributed by atoms with Crippen LogP contribution in [0.3, 0.4) is 0 Å². The average molecular weight is 423 g/mol. The van der Waals surface area contributed by atoms with E-state index in [4.69, 9.17) is 9.84 Å². The number of ether oxygens (including phenoxy) is 1. The van der Waals surface area contributed by atoms with Gasteiger partial charge >= 0.3 is 6.18 Å². The fourth-order valence-corrected chi connectivity index (χ4v) is 3.62. The van der Waals surface area contributed by atoms with Crippen molar-refractivity contribution in [3.05, 3.63) is 23.4 Å². The van der Waals surface area contributed by atoms with E-state index in [2.05, 4.69) is 4.98 Å². The molecule has 1 N–H and O–H groups in total. The molecule has 1 fully saturated rings. The number of carbonyl (C=O) groups is 1. The number of nitrogens with zero attached hydrogens (tertiary/aromatic N) is 3. The molecule has 3 heterocycles. The number of anilines is 1. The number of pyridine rings is 1. The molecule has 6 nitrogen and oxygen atoms in total. The van der Waals surface area contributed by atoms with Gasteiger partial charge in [0.15, 0.2) is 0 Å². The van der Waals surface area contributed by atoms with Gasteiger partial charge < -0.3 is 19.6 Å². The highest BCUT2D eigenvalue weighted by atomic mass is 19.4. The van der Waals surface area contributed by atoms with E-state index in [0.717, 1.165) is 0 Å². The quantitative estimate of drug-likeness (QED) is 0.582. The molecule has 2 aliphatic heterocycles. The van der Waals surface area contributed by atoms with Crippen LogP contribution in [0, 0.1) is 0 Å². The molecular weight excluding hydrogens is 401 g/mol. The molecule has 3 rings (SSSR count). The number of carbonyl (C=O) groups excluding carboxylic acids is 1. The highest BCUT2D eigenvalue weighted by molar-refractivity contribution is 5.76. The normalized spacial score (nSPS) is 22.1. The van der Waals surface area contributed by atoms with E-state index in [1.807, 2.05) is 0 Å². The SMILES string of the molecule is C[C@@H](O)COCCC(=O)N1CCN2c3ncc(C(F)(F)F)cc3C(F)(F)CC2C1. The van der Waals surface area contributed by atoms with Crippen molar-refractivity contribution in [3.63, 3.8) is 0 Å². The van der Waals surface area contributed by atoms with E-state index in [0.29, 0.717) is 12.3 Å². The van der Waals surface area contributed by atoms with Gasteiger partial charge in [0.05, 0.1) is 42.9 Å². The summed E-state index contributed by atoms with van der Waals surface area (Å²) in [7, 11) is 0. The predicted octanol–water partition coefficient (Wildman–Crippen LogP) is 2.40. The zero-order valence-corrected chi connectivity index (χ0v) is 15.8. The van der Waals surface area contributed by atoms with Crippen molar-refractivity contribution in [2.24, 2.45) is 0 Å². The zero-order chi connectivity index (χ0) is 21.4. The Hall–Kier alpha value is -2.01. The van der Waals surface area contributed by atoms with Crippen molar-refractivity contribution in [1.29, 1.82) is 0 Å². The Bertz CT molecular complexity index is 757. The van der Waals surface area contributed by atoms with E-state index < -0.39 is 41.8 Å². The largest absolute Gasteiger partial charge is 0.417 e. The number of piperazine rings is 1. The van der Waals surface area contributed by atoms with Crippen LogP contribution in [-0.2, 0) is 21.6 Å². The lowest BCUT2D eigenvalue weighted by molar-refractivity contribution is -0.138. The Kier molecular flexibility index (Phi) is 6.00. The van der Waals surface area contributed by atoms with Crippen LogP contribution in [0.5, 0.6) is 0 Å². The molecule has 29 heavy (non-hydrogen) atoms. The summed E-state index contributed by atoms with van der Waals surface area (Å²) in [6, 6.07) is -0.270. The number of amides is 1. The van der Waals surface area contributed by atoms with E-state index in [-0.39, 0.29) is 51.0 Å². The second kappa shape index (κ2) is 8.02. The number of hydrogen-bond acceptors (Lipinski definition) is 5. The third kappa shape index (κ3) is 4.77. The van der Waals surface area contributed by atoms with Crippen LogP contribution < -0.4 is 4.90 Å². The Morgan fingerprint density at radius 2 is 2.14 bits per heavy atom. The summed E-state index contributed by atoms with van der Waals surface area (Å²) in [5, 5.41) is 9.12. The van der Waals surface area contributed by atoms with Gasteiger partial charge in [0.2, 0.25) is 5.91 Å². The second-order valence-electron chi connectivity index (χ2n) is 7.36. The lowest BCUT2D eigenvalue weighted by Gasteiger charge is -2.47. The first kappa shape index (κ1) is 21.7. The molecule has 0 saturated carbocycles. The van der Waals surface area contributed by atoms with E-state index in [1.165, 1.54) is 4.90 Å². The Morgan fingerprint density at radius 3 is 2.79 bits per heavy atom. The number of rotatable bonds is 5. The van der Waals surface area contributed by atoms with Crippen molar-refractivity contribution in [1.82, 2.24) is 9.88 Å². The van der Waals surface area contributed by atoms with Gasteiger partial charge in [-0.2, -0.15) is 13.2 Å². The molecule has 0 aromatic carbocycles. The lowest BCUT2D eigenvalue weighted by Crippen LogP contribution is -2.58. The fourth-order valence-electron chi connectivity index (χ4n) is 3.62. The van der Waals surface area contributed by atoms with Gasteiger partial charge in [0, 0.05) is 32.3 Å². The summed E-state index contributed by atoms with van der Waals surface area (Å²) in [6.07, 6.45) is -5.47. The van der Waals surface area contributed by atoms with Crippen LogP contribution in [0.15, 0.2) is 12.3 Å². The third-order valence-corrected chi connectivity index (χ3v) is 5.01. The molecule has 0 radical (unpaired) electrons. The molecule has 1 aromatic heterocycles. The van der Waals surface area contributed by atoms with Crippen molar-refractivity contribution >= 4 is 11.7 Å². The van der Waals surface area contributed by atoms with Crippen LogP contribution in [0.2, 0.25) is 0 Å². The van der Waals surface area contributed by atoms with Gasteiger partial charge in [-0.1, -0.05) is 0 Å². The van der Waals surface area contributed by atoms with Crippen molar-refractivity contribution in [3.8, 4) is 0 Å². The molecular formula is C18H22F5N3O3. The number of aliphatic hydroxyl groups excluding tert-OH is 1. The van der Waals surface area contributed by atoms with Gasteiger partial charge in [-0.3, -0.25) is 4.79 Å². The lowest BCUT2D eigenvalue weighted by atomic mass is 9.92. The van der Waals surface area contributed by atoms with Crippen molar-refractivity contribution < 1.29 is 36.6 Å². The molecule has 162 valence electrons. The molecule has 0 aliphatic carbocycles. The van der Waals surface area contributed by atoms with Gasteiger partial charge in [0.1, 0.15) is 5.82 Å². The summed E-state index contributed by atoms with van der Waals surface area (Å²) in [6.45, 7) is 2.24. The van der Waals surface area contributed by atoms with Gasteiger partial charge in [0.25, 0.3) is 5.92 Å². The summed E-state index contributed by atoms with van der Waals surface area (Å²) in [4.78, 5) is 19.0. The Labute approximate surface area is 164 Å². The number of halogens is 5. The molecule has 0 spiro atoms. The van der Waals surface area contributed by atoms with Gasteiger partial charge in [-0.15, -0.1) is 0 Å². The smallest absolute Gasteiger partial charge is 0.391 e. The second-order valence-corrected chi connectivity index (χ2v) is 7.36. The zero-order valence-electron chi connectivity index (χ0n) is 15.8. The van der Waals surface area contributed by atoms with Crippen LogP contribution >= 0.6 is 0 Å². The maximum atomic E-state index is 14.6. The summed E-state index contributed by atoms with van der Waals surface area (Å²) in [5.41, 5.74) is -1.93. The maximum Gasteiger partial charge on any atom is 0.417 e. The van der Waals surface area contributed by atoms with E-state index in [9.17, 15) is 26.7 Å². The minimum atomic E-state index is -4.75. The molecule has 11 heteroatoms. The van der Waals surface area contributed by atoms with Crippen LogP contribution in [0.4, 0.5) is 27.8 Å². The molecule has 0 bridgehead atoms. The number of aromatic nitrogens is 1. The minimum Gasteiger partial charge on any atom is -0.391 e. The molecule has 1 aromatic rings. The first-order valence-electron chi connectivity index (χ1n) is 9.25. The summed E-state index contributed by atoms with van der Waals surface area (Å²) < 4.78 is 73.0. The molecule has 2 atom stereocenters. The van der Waals surface area contributed by atoms with E-state index >= 15 is 0 Å². The Balaban J connectivity index is 1.70. The molecule has 1 unspecified atom stereocenters. The first-order valence-corrected chi connectivity index (χ1v) is 9.25. The first-order chi connectivity index (χ1) is 13.5. The number of fused-ring (bicyclic) bond motifs is 3. The monoisotopic (exact) mass is 423 g/mol. The van der Waals surface area contributed by atoms with Crippen molar-refractivity contribution in [2.45, 2.75) is 44.0 Å². The third-order valence-electron chi connectivity index (χ3n) is 5.01. The topological polar surface area (TPSA) is 65.9 Å². The molecule has 1 amide bonds. The number of alkyl halides is 5. The van der Waals surface area contributed by atoms with Crippen LogP contribution in [0.1, 0.15) is 30.9 Å². The predicted molar refractivity (Wildman–Crippen MR) is 92.6 cm³/mol. The minimum absolute atomic E-state index is 0.0347. The van der Waals surface area contributed by atoms with Crippen LogP contribution in [0.25, 0.3) is 0 Å². The summed E-state index contributed by atoms with van der Waals surface area (Å²) in [5.74, 6) is -3.90. The molecule has 1 saturated heterocycles. The standard InChI is InChI=1S/C18H22F5N3O3/c1-11(27)10-29-5-2-15(28)25-3-4-26-13(9-25)7-17(19,20)14-6-12(18(21,22)23)8-24-16(14)26/h6,8,11,13,27H,2-5,7,9-10H2,1H3/t11-,13?/m1/s1. The maximum absolute atomic E-state index is 14.6. The van der Waals surface area contributed by atoms with Gasteiger partial charge in [-0.05, 0) is 13.0 Å². The van der Waals surface area contributed by atoms with Crippen LogP contribution in [-0.4, -0.2) is 65.9 Å². The fraction of sp³-hybridized carbons (Fsp3) is 0.667. The molecule has 2 aliphatic rings. The van der Waals surface area contributed by atoms with E-state index in [1.54, 1.807) is 11.8 Å². The highest BCUT2D eigenvalue weighted by Gasteiger charge is 2.48. The van der Waals surface area contributed by atoms with Gasteiger partial charge in [-0.25, -0.2) is 13.8 Å². The number of aliphatic hydroxyl groups is 1. The average Bonchev–Trinajstić information content (AvgIpc) is 2.63. The summed E-state index contributed by atoms with van der Waals surface area (Å²) >= 11 is 0. The van der Waals surface area contributed by atoms with Crippen molar-refractivity contribution in [2.75, 3.05) is 37.7 Å². The number of hydrogen-bond donors (Lipinski definition) is 1. The Morgan fingerprint density at radius 1 is 1.41 bits per heavy atom. The highest BCUT2D eigenvalue weighted by Crippen LogP contribution is 2.46.